The maximum Gasteiger partial charge on any atom is 0.271 e. The average molecular weight is 228 g/mol. The molecule has 1 aliphatic heterocycles. The van der Waals surface area contributed by atoms with E-state index < -0.39 is 17.6 Å². The van der Waals surface area contributed by atoms with Gasteiger partial charge in [0, 0.05) is 0 Å². The minimum absolute atomic E-state index is 0.0829. The number of hydrogen-bond acceptors (Lipinski definition) is 4. The van der Waals surface area contributed by atoms with Crippen molar-refractivity contribution in [3.63, 3.8) is 0 Å². The predicted molar refractivity (Wildman–Crippen MR) is 53.5 cm³/mol. The van der Waals surface area contributed by atoms with Gasteiger partial charge in [-0.05, 0) is 19.8 Å². The molecule has 0 aromatic carbocycles. The molecular formula is C10H13FN2O3. The number of aliphatic hydroxyl groups excluding tert-OH is 1. The minimum atomic E-state index is -0.751. The van der Waals surface area contributed by atoms with E-state index in [4.69, 9.17) is 9.84 Å². The van der Waals surface area contributed by atoms with Crippen molar-refractivity contribution in [2.24, 2.45) is 0 Å². The number of aromatic nitrogens is 2. The Balaban J connectivity index is 2.28. The Labute approximate surface area is 91.3 Å². The van der Waals surface area contributed by atoms with Crippen molar-refractivity contribution in [2.45, 2.75) is 32.0 Å². The van der Waals surface area contributed by atoms with Gasteiger partial charge >= 0.3 is 0 Å². The largest absolute Gasteiger partial charge is 0.394 e. The molecular weight excluding hydrogens is 215 g/mol. The maximum absolute atomic E-state index is 13.5. The average Bonchev–Trinajstić information content (AvgIpc) is 2.71. The number of nitrogens with one attached hydrogen (secondary N) is 1. The van der Waals surface area contributed by atoms with Crippen LogP contribution in [0.25, 0.3) is 0 Å². The molecule has 2 heterocycles. The smallest absolute Gasteiger partial charge is 0.271 e. The van der Waals surface area contributed by atoms with Gasteiger partial charge in [-0.25, -0.2) is 4.98 Å². The van der Waals surface area contributed by atoms with Crippen molar-refractivity contribution in [1.82, 2.24) is 9.97 Å². The first kappa shape index (κ1) is 11.2. The molecule has 1 aromatic heterocycles. The Kier molecular flexibility index (Phi) is 3.02. The van der Waals surface area contributed by atoms with Gasteiger partial charge < -0.3 is 9.84 Å². The fourth-order valence-corrected chi connectivity index (χ4v) is 1.79. The van der Waals surface area contributed by atoms with Gasteiger partial charge in [-0.2, -0.15) is 4.39 Å². The summed E-state index contributed by atoms with van der Waals surface area (Å²) in [5.74, 6) is -0.751. The molecule has 0 bridgehead atoms. The second-order valence-corrected chi connectivity index (χ2v) is 3.86. The molecule has 88 valence electrons. The molecule has 0 saturated carbocycles. The third kappa shape index (κ3) is 1.98. The summed E-state index contributed by atoms with van der Waals surface area (Å²) < 4.78 is 18.9. The first-order valence-corrected chi connectivity index (χ1v) is 5.14. The zero-order valence-corrected chi connectivity index (χ0v) is 8.86. The Morgan fingerprint density at radius 1 is 1.62 bits per heavy atom. The molecule has 0 spiro atoms. The summed E-state index contributed by atoms with van der Waals surface area (Å²) in [7, 11) is 0. The number of ether oxygens (including phenoxy) is 1. The van der Waals surface area contributed by atoms with E-state index in [1.807, 2.05) is 0 Å². The van der Waals surface area contributed by atoms with Crippen molar-refractivity contribution >= 4 is 0 Å². The highest BCUT2D eigenvalue weighted by Crippen LogP contribution is 2.31. The van der Waals surface area contributed by atoms with Gasteiger partial charge in [0.05, 0.1) is 12.7 Å². The van der Waals surface area contributed by atoms with Crippen LogP contribution in [-0.2, 0) is 4.74 Å². The summed E-state index contributed by atoms with van der Waals surface area (Å²) in [5, 5.41) is 8.90. The molecule has 2 rings (SSSR count). The summed E-state index contributed by atoms with van der Waals surface area (Å²) in [5.41, 5.74) is -0.196. The lowest BCUT2D eigenvalue weighted by Crippen LogP contribution is -2.19. The van der Waals surface area contributed by atoms with Gasteiger partial charge in [0.25, 0.3) is 5.56 Å². The summed E-state index contributed by atoms with van der Waals surface area (Å²) in [4.78, 5) is 17.1. The quantitative estimate of drug-likeness (QED) is 0.769. The fraction of sp³-hybridized carbons (Fsp3) is 0.600. The number of nitrogens with zero attached hydrogens (tertiary/aromatic N) is 1. The lowest BCUT2D eigenvalue weighted by molar-refractivity contribution is 0.00725. The molecule has 0 radical (unpaired) electrons. The SMILES string of the molecule is Cc1nc([C@H]2CC[C@@H](CO)O2)c(F)[nH]c1=O. The third-order valence-corrected chi connectivity index (χ3v) is 2.68. The molecule has 2 atom stereocenters. The monoisotopic (exact) mass is 228 g/mol. The molecule has 0 unspecified atom stereocenters. The lowest BCUT2D eigenvalue weighted by atomic mass is 10.1. The standard InChI is InChI=1S/C10H13FN2O3/c1-5-10(15)13-9(11)8(12-5)7-3-2-6(4-14)16-7/h6-7,14H,2-4H2,1H3,(H,13,15)/t6-,7+/m0/s1. The van der Waals surface area contributed by atoms with Gasteiger partial charge in [-0.15, -0.1) is 0 Å². The normalized spacial score (nSPS) is 24.9. The molecule has 1 fully saturated rings. The van der Waals surface area contributed by atoms with Crippen LogP contribution in [0.5, 0.6) is 0 Å². The van der Waals surface area contributed by atoms with Crippen LogP contribution in [0.1, 0.15) is 30.3 Å². The van der Waals surface area contributed by atoms with Crippen molar-refractivity contribution in [2.75, 3.05) is 6.61 Å². The molecule has 0 amide bonds. The third-order valence-electron chi connectivity index (χ3n) is 2.68. The second-order valence-electron chi connectivity index (χ2n) is 3.86. The Morgan fingerprint density at radius 3 is 3.00 bits per heavy atom. The van der Waals surface area contributed by atoms with Crippen LogP contribution in [0.4, 0.5) is 4.39 Å². The van der Waals surface area contributed by atoms with E-state index in [-0.39, 0.29) is 24.1 Å². The van der Waals surface area contributed by atoms with E-state index >= 15 is 0 Å². The number of aliphatic hydroxyl groups is 1. The Morgan fingerprint density at radius 2 is 2.38 bits per heavy atom. The maximum atomic E-state index is 13.5. The fourth-order valence-electron chi connectivity index (χ4n) is 1.79. The Bertz CT molecular complexity index is 446. The number of rotatable bonds is 2. The topological polar surface area (TPSA) is 75.2 Å². The molecule has 1 saturated heterocycles. The Hall–Kier alpha value is -1.27. The molecule has 1 aromatic rings. The molecule has 1 aliphatic rings. The molecule has 0 aliphatic carbocycles. The van der Waals surface area contributed by atoms with Crippen LogP contribution in [-0.4, -0.2) is 27.8 Å². The predicted octanol–water partition coefficient (Wildman–Crippen LogP) is 0.430. The van der Waals surface area contributed by atoms with Crippen LogP contribution < -0.4 is 5.56 Å². The highest BCUT2D eigenvalue weighted by molar-refractivity contribution is 5.08. The zero-order chi connectivity index (χ0) is 11.7. The van der Waals surface area contributed by atoms with Gasteiger partial charge in [0.1, 0.15) is 17.5 Å². The van der Waals surface area contributed by atoms with Crippen LogP contribution in [0, 0.1) is 12.9 Å². The first-order valence-electron chi connectivity index (χ1n) is 5.14. The lowest BCUT2D eigenvalue weighted by Gasteiger charge is -2.12. The number of H-pyrrole nitrogens is 1. The number of hydrogen-bond donors (Lipinski definition) is 2. The van der Waals surface area contributed by atoms with E-state index in [0.29, 0.717) is 12.8 Å². The van der Waals surface area contributed by atoms with Crippen molar-refractivity contribution < 1.29 is 14.2 Å². The van der Waals surface area contributed by atoms with Gasteiger partial charge in [0.2, 0.25) is 5.95 Å². The van der Waals surface area contributed by atoms with E-state index in [1.54, 1.807) is 0 Å². The van der Waals surface area contributed by atoms with Gasteiger partial charge in [-0.3, -0.25) is 9.78 Å². The van der Waals surface area contributed by atoms with Crippen LogP contribution in [0.15, 0.2) is 4.79 Å². The second kappa shape index (κ2) is 4.31. The van der Waals surface area contributed by atoms with Gasteiger partial charge in [-0.1, -0.05) is 0 Å². The summed E-state index contributed by atoms with van der Waals surface area (Å²) in [6.45, 7) is 1.43. The number of halogens is 1. The summed E-state index contributed by atoms with van der Waals surface area (Å²) in [6, 6.07) is 0. The minimum Gasteiger partial charge on any atom is -0.394 e. The number of aryl methyl sites for hydroxylation is 1. The van der Waals surface area contributed by atoms with Crippen molar-refractivity contribution in [1.29, 1.82) is 0 Å². The highest BCUT2D eigenvalue weighted by Gasteiger charge is 2.29. The van der Waals surface area contributed by atoms with Crippen LogP contribution >= 0.6 is 0 Å². The van der Waals surface area contributed by atoms with E-state index in [0.717, 1.165) is 0 Å². The van der Waals surface area contributed by atoms with E-state index in [9.17, 15) is 9.18 Å². The van der Waals surface area contributed by atoms with Crippen molar-refractivity contribution in [3.8, 4) is 0 Å². The molecule has 5 nitrogen and oxygen atoms in total. The summed E-state index contributed by atoms with van der Waals surface area (Å²) in [6.07, 6.45) is 0.521. The van der Waals surface area contributed by atoms with E-state index in [2.05, 4.69) is 9.97 Å². The van der Waals surface area contributed by atoms with Crippen molar-refractivity contribution in [3.05, 3.63) is 27.7 Å². The van der Waals surface area contributed by atoms with Crippen LogP contribution in [0.2, 0.25) is 0 Å². The molecule has 16 heavy (non-hydrogen) atoms. The molecule has 6 heteroatoms. The van der Waals surface area contributed by atoms with E-state index in [1.165, 1.54) is 6.92 Å². The zero-order valence-electron chi connectivity index (χ0n) is 8.86. The highest BCUT2D eigenvalue weighted by atomic mass is 19.1. The number of aromatic amines is 1. The van der Waals surface area contributed by atoms with Crippen LogP contribution in [0.3, 0.4) is 0 Å². The first-order chi connectivity index (χ1) is 7.61. The molecule has 2 N–H and O–H groups in total. The summed E-state index contributed by atoms with van der Waals surface area (Å²) >= 11 is 0. The van der Waals surface area contributed by atoms with Gasteiger partial charge in [0.15, 0.2) is 0 Å².